The van der Waals surface area contributed by atoms with E-state index >= 15 is 0 Å². The van der Waals surface area contributed by atoms with E-state index in [1.54, 1.807) is 0 Å². The number of hydrogen-bond donors (Lipinski definition) is 2. The van der Waals surface area contributed by atoms with Gasteiger partial charge in [0.15, 0.2) is 0 Å². The molecule has 0 radical (unpaired) electrons. The van der Waals surface area contributed by atoms with Crippen molar-refractivity contribution in [3.05, 3.63) is 24.3 Å². The number of rotatable bonds is 4. The summed E-state index contributed by atoms with van der Waals surface area (Å²) >= 11 is 0. The summed E-state index contributed by atoms with van der Waals surface area (Å²) in [5, 5.41) is 6.49. The summed E-state index contributed by atoms with van der Waals surface area (Å²) in [4.78, 5) is 14.7. The normalized spacial score (nSPS) is 22.4. The van der Waals surface area contributed by atoms with Crippen LogP contribution in [0.5, 0.6) is 0 Å². The summed E-state index contributed by atoms with van der Waals surface area (Å²) in [6.45, 7) is 3.90. The predicted octanol–water partition coefficient (Wildman–Crippen LogP) is 2.47. The number of benzene rings is 1. The lowest BCUT2D eigenvalue weighted by Gasteiger charge is -2.35. The molecule has 1 aromatic carbocycles. The Kier molecular flexibility index (Phi) is 4.65. The summed E-state index contributed by atoms with van der Waals surface area (Å²) in [7, 11) is 3.98. The molecule has 20 heavy (non-hydrogen) atoms. The highest BCUT2D eigenvalue weighted by Crippen LogP contribution is 2.33. The molecular weight excluding hydrogens is 250 g/mol. The Balaban J connectivity index is 2.18. The van der Waals surface area contributed by atoms with Gasteiger partial charge in [0.25, 0.3) is 0 Å². The fourth-order valence-corrected chi connectivity index (χ4v) is 2.85. The van der Waals surface area contributed by atoms with Gasteiger partial charge in [-0.2, -0.15) is 0 Å². The number of carbonyl (C=O) groups is 1. The Morgan fingerprint density at radius 1 is 1.40 bits per heavy atom. The van der Waals surface area contributed by atoms with Gasteiger partial charge in [0.05, 0.1) is 16.8 Å². The first-order chi connectivity index (χ1) is 9.59. The molecule has 110 valence electrons. The van der Waals surface area contributed by atoms with Crippen LogP contribution >= 0.6 is 0 Å². The Morgan fingerprint density at radius 3 is 2.75 bits per heavy atom. The Hall–Kier alpha value is -1.55. The zero-order valence-corrected chi connectivity index (χ0v) is 12.7. The van der Waals surface area contributed by atoms with E-state index in [0.717, 1.165) is 43.7 Å². The van der Waals surface area contributed by atoms with E-state index in [2.05, 4.69) is 17.6 Å². The second-order valence-corrected chi connectivity index (χ2v) is 5.78. The zero-order valence-electron chi connectivity index (χ0n) is 12.7. The van der Waals surface area contributed by atoms with Crippen LogP contribution in [0.3, 0.4) is 0 Å². The second kappa shape index (κ2) is 6.27. The van der Waals surface area contributed by atoms with E-state index in [1.807, 2.05) is 43.3 Å². The first-order valence-corrected chi connectivity index (χ1v) is 7.37. The number of nitrogens with zero attached hydrogens (tertiary/aromatic N) is 1. The predicted molar refractivity (Wildman–Crippen MR) is 84.2 cm³/mol. The molecule has 1 atom stereocenters. The minimum Gasteiger partial charge on any atom is -0.376 e. The third kappa shape index (κ3) is 2.96. The topological polar surface area (TPSA) is 44.4 Å². The molecule has 0 saturated carbocycles. The molecule has 2 rings (SSSR count). The molecule has 0 aromatic heterocycles. The van der Waals surface area contributed by atoms with Crippen LogP contribution in [0.15, 0.2) is 24.3 Å². The molecule has 1 aliphatic rings. The van der Waals surface area contributed by atoms with Gasteiger partial charge in [-0.3, -0.25) is 4.79 Å². The highest BCUT2D eigenvalue weighted by molar-refractivity contribution is 5.98. The van der Waals surface area contributed by atoms with Crippen molar-refractivity contribution in [1.82, 2.24) is 5.32 Å². The van der Waals surface area contributed by atoms with Gasteiger partial charge in [0, 0.05) is 20.6 Å². The van der Waals surface area contributed by atoms with Crippen molar-refractivity contribution in [2.75, 3.05) is 37.4 Å². The van der Waals surface area contributed by atoms with E-state index < -0.39 is 0 Å². The lowest BCUT2D eigenvalue weighted by atomic mass is 9.77. The number of anilines is 2. The first kappa shape index (κ1) is 14.9. The largest absolute Gasteiger partial charge is 0.376 e. The smallest absolute Gasteiger partial charge is 0.231 e. The van der Waals surface area contributed by atoms with E-state index in [4.69, 9.17) is 0 Å². The third-order valence-electron chi connectivity index (χ3n) is 4.26. The Labute approximate surface area is 121 Å². The summed E-state index contributed by atoms with van der Waals surface area (Å²) in [5.41, 5.74) is 1.66. The van der Waals surface area contributed by atoms with Gasteiger partial charge in [-0.1, -0.05) is 19.1 Å². The van der Waals surface area contributed by atoms with Crippen molar-refractivity contribution in [3.63, 3.8) is 0 Å². The van der Waals surface area contributed by atoms with Crippen molar-refractivity contribution in [2.24, 2.45) is 5.41 Å². The molecule has 1 amide bonds. The van der Waals surface area contributed by atoms with Crippen LogP contribution in [-0.2, 0) is 4.79 Å². The van der Waals surface area contributed by atoms with Crippen LogP contribution in [0.25, 0.3) is 0 Å². The van der Waals surface area contributed by atoms with Gasteiger partial charge in [0.1, 0.15) is 0 Å². The van der Waals surface area contributed by atoms with E-state index in [9.17, 15) is 4.79 Å². The van der Waals surface area contributed by atoms with Gasteiger partial charge in [-0.25, -0.2) is 0 Å². The molecule has 1 aromatic rings. The van der Waals surface area contributed by atoms with Crippen molar-refractivity contribution in [3.8, 4) is 0 Å². The maximum Gasteiger partial charge on any atom is 0.231 e. The monoisotopic (exact) mass is 275 g/mol. The average molecular weight is 275 g/mol. The molecule has 1 fully saturated rings. The highest BCUT2D eigenvalue weighted by Gasteiger charge is 2.38. The SMILES string of the molecule is CCC1(C(=O)Nc2ccccc2N(C)C)CCCNC1. The number of carbonyl (C=O) groups excluding carboxylic acids is 1. The zero-order chi connectivity index (χ0) is 14.6. The van der Waals surface area contributed by atoms with Gasteiger partial charge < -0.3 is 15.5 Å². The van der Waals surface area contributed by atoms with Crippen molar-refractivity contribution < 1.29 is 4.79 Å². The molecule has 1 unspecified atom stereocenters. The maximum absolute atomic E-state index is 12.7. The van der Waals surface area contributed by atoms with Crippen molar-refractivity contribution >= 4 is 17.3 Å². The summed E-state index contributed by atoms with van der Waals surface area (Å²) in [5.74, 6) is 0.140. The quantitative estimate of drug-likeness (QED) is 0.887. The lowest BCUT2D eigenvalue weighted by Crippen LogP contribution is -2.47. The minimum atomic E-state index is -0.266. The standard InChI is InChI=1S/C16H25N3O/c1-4-16(10-7-11-17-12-16)15(20)18-13-8-5-6-9-14(13)19(2)3/h5-6,8-9,17H,4,7,10-12H2,1-3H3,(H,18,20). The van der Waals surface area contributed by atoms with Gasteiger partial charge in [-0.05, 0) is 37.9 Å². The molecule has 0 bridgehead atoms. The lowest BCUT2D eigenvalue weighted by molar-refractivity contribution is -0.126. The summed E-state index contributed by atoms with van der Waals surface area (Å²) in [6.07, 6.45) is 2.90. The fourth-order valence-electron chi connectivity index (χ4n) is 2.85. The van der Waals surface area contributed by atoms with E-state index in [1.165, 1.54) is 0 Å². The van der Waals surface area contributed by atoms with Gasteiger partial charge in [0.2, 0.25) is 5.91 Å². The maximum atomic E-state index is 12.7. The van der Waals surface area contributed by atoms with Crippen LogP contribution in [0, 0.1) is 5.41 Å². The number of piperidine rings is 1. The van der Waals surface area contributed by atoms with Crippen LogP contribution < -0.4 is 15.5 Å². The van der Waals surface area contributed by atoms with Gasteiger partial charge >= 0.3 is 0 Å². The van der Waals surface area contributed by atoms with Crippen molar-refractivity contribution in [2.45, 2.75) is 26.2 Å². The van der Waals surface area contributed by atoms with Crippen LogP contribution in [0.2, 0.25) is 0 Å². The average Bonchev–Trinajstić information content (AvgIpc) is 2.48. The number of amides is 1. The molecule has 1 saturated heterocycles. The van der Waals surface area contributed by atoms with E-state index in [0.29, 0.717) is 0 Å². The number of nitrogens with one attached hydrogen (secondary N) is 2. The Morgan fingerprint density at radius 2 is 2.15 bits per heavy atom. The molecule has 4 heteroatoms. The van der Waals surface area contributed by atoms with Crippen LogP contribution in [0.1, 0.15) is 26.2 Å². The number of hydrogen-bond acceptors (Lipinski definition) is 3. The molecule has 2 N–H and O–H groups in total. The second-order valence-electron chi connectivity index (χ2n) is 5.78. The van der Waals surface area contributed by atoms with E-state index in [-0.39, 0.29) is 11.3 Å². The number of para-hydroxylation sites is 2. The molecule has 4 nitrogen and oxygen atoms in total. The van der Waals surface area contributed by atoms with Gasteiger partial charge in [-0.15, -0.1) is 0 Å². The third-order valence-corrected chi connectivity index (χ3v) is 4.26. The van der Waals surface area contributed by atoms with Crippen molar-refractivity contribution in [1.29, 1.82) is 0 Å². The summed E-state index contributed by atoms with van der Waals surface area (Å²) in [6, 6.07) is 7.93. The molecular formula is C16H25N3O. The summed E-state index contributed by atoms with van der Waals surface area (Å²) < 4.78 is 0. The molecule has 1 heterocycles. The molecule has 0 spiro atoms. The van der Waals surface area contributed by atoms with Crippen LogP contribution in [0.4, 0.5) is 11.4 Å². The minimum absolute atomic E-state index is 0.140. The fraction of sp³-hybridized carbons (Fsp3) is 0.562. The molecule has 1 aliphatic heterocycles. The van der Waals surface area contributed by atoms with Crippen LogP contribution in [-0.4, -0.2) is 33.1 Å². The molecule has 0 aliphatic carbocycles. The first-order valence-electron chi connectivity index (χ1n) is 7.37. The highest BCUT2D eigenvalue weighted by atomic mass is 16.2. The Bertz CT molecular complexity index is 465.